The molecule has 30 heavy (non-hydrogen) atoms. The Bertz CT molecular complexity index is 1070. The normalized spacial score (nSPS) is 25.9. The van der Waals surface area contributed by atoms with Gasteiger partial charge in [-0.25, -0.2) is 13.6 Å². The molecule has 1 aliphatic carbocycles. The zero-order chi connectivity index (χ0) is 21.0. The quantitative estimate of drug-likeness (QED) is 0.562. The molecule has 0 saturated carbocycles. The van der Waals surface area contributed by atoms with Crippen LogP contribution in [0, 0.1) is 11.6 Å². The molecule has 0 bridgehead atoms. The standard InChI is InChI=1S/C23H21F2NO4/c1-26-10-9-23-8-7-14(29-22(27)15-4-3-13(24)11-16(15)25)12-19(23)30-21-18(28-2)6-5-17(26)20(21)23/h3-8,11,14,19H,9-10,12H2,1-2H3/t14-,19?,23-/m0/s1. The minimum Gasteiger partial charge on any atom is -0.493 e. The lowest BCUT2D eigenvalue weighted by atomic mass is 9.67. The first-order chi connectivity index (χ1) is 14.4. The Hall–Kier alpha value is -3.09. The summed E-state index contributed by atoms with van der Waals surface area (Å²) in [6, 6.07) is 6.75. The summed E-state index contributed by atoms with van der Waals surface area (Å²) >= 11 is 0. The third-order valence-electron chi connectivity index (χ3n) is 6.36. The van der Waals surface area contributed by atoms with Crippen molar-refractivity contribution in [2.75, 3.05) is 25.6 Å². The number of anilines is 1. The fraction of sp³-hybridized carbons (Fsp3) is 0.348. The van der Waals surface area contributed by atoms with E-state index in [1.54, 1.807) is 7.11 Å². The van der Waals surface area contributed by atoms with Gasteiger partial charge in [0.05, 0.1) is 18.1 Å². The lowest BCUT2D eigenvalue weighted by molar-refractivity contribution is 0.0217. The number of ether oxygens (including phenoxy) is 3. The first-order valence-electron chi connectivity index (χ1n) is 9.87. The molecule has 5 rings (SSSR count). The molecule has 2 aromatic rings. The minimum absolute atomic E-state index is 0.225. The highest BCUT2D eigenvalue weighted by Gasteiger charge is 2.54. The number of hydrogen-bond donors (Lipinski definition) is 0. The van der Waals surface area contributed by atoms with E-state index in [-0.39, 0.29) is 17.1 Å². The number of rotatable bonds is 3. The van der Waals surface area contributed by atoms with Gasteiger partial charge in [0.2, 0.25) is 0 Å². The first kappa shape index (κ1) is 18.9. The van der Waals surface area contributed by atoms with Gasteiger partial charge in [-0.1, -0.05) is 6.08 Å². The minimum atomic E-state index is -0.939. The highest BCUT2D eigenvalue weighted by molar-refractivity contribution is 5.90. The predicted molar refractivity (Wildman–Crippen MR) is 106 cm³/mol. The van der Waals surface area contributed by atoms with E-state index < -0.39 is 23.7 Å². The van der Waals surface area contributed by atoms with Crippen LogP contribution in [0.15, 0.2) is 42.5 Å². The number of halogens is 2. The number of carbonyl (C=O) groups excluding carboxylic acids is 1. The Morgan fingerprint density at radius 1 is 1.27 bits per heavy atom. The monoisotopic (exact) mass is 413 g/mol. The van der Waals surface area contributed by atoms with Crippen LogP contribution in [0.25, 0.3) is 0 Å². The third kappa shape index (κ3) is 2.68. The Morgan fingerprint density at radius 2 is 2.10 bits per heavy atom. The van der Waals surface area contributed by atoms with E-state index in [4.69, 9.17) is 14.2 Å². The van der Waals surface area contributed by atoms with Gasteiger partial charge in [0, 0.05) is 37.3 Å². The number of carbonyl (C=O) groups is 1. The molecule has 0 amide bonds. The molecule has 2 aliphatic heterocycles. The van der Waals surface area contributed by atoms with Crippen molar-refractivity contribution >= 4 is 11.7 Å². The van der Waals surface area contributed by atoms with Crippen molar-refractivity contribution < 1.29 is 27.8 Å². The predicted octanol–water partition coefficient (Wildman–Crippen LogP) is 4.00. The summed E-state index contributed by atoms with van der Waals surface area (Å²) in [5.41, 5.74) is 1.61. The van der Waals surface area contributed by atoms with Gasteiger partial charge in [0.15, 0.2) is 11.5 Å². The number of esters is 1. The van der Waals surface area contributed by atoms with Gasteiger partial charge in [-0.05, 0) is 36.8 Å². The fourth-order valence-electron chi connectivity index (χ4n) is 4.81. The first-order valence-corrected chi connectivity index (χ1v) is 9.87. The molecule has 5 nitrogen and oxygen atoms in total. The highest BCUT2D eigenvalue weighted by atomic mass is 19.1. The molecule has 0 saturated heterocycles. The van der Waals surface area contributed by atoms with Gasteiger partial charge in [-0.15, -0.1) is 0 Å². The Balaban J connectivity index is 1.45. The van der Waals surface area contributed by atoms with Crippen molar-refractivity contribution in [2.24, 2.45) is 0 Å². The zero-order valence-corrected chi connectivity index (χ0v) is 16.7. The smallest absolute Gasteiger partial charge is 0.341 e. The van der Waals surface area contributed by atoms with E-state index in [0.29, 0.717) is 18.2 Å². The summed E-state index contributed by atoms with van der Waals surface area (Å²) in [5, 5.41) is 0. The SMILES string of the molecule is COc1ccc2c3c1OC1C[C@@H](OC(=O)c4ccc(F)cc4F)C=C[C@@]31CCN2C. The highest BCUT2D eigenvalue weighted by Crippen LogP contribution is 2.58. The van der Waals surface area contributed by atoms with Crippen LogP contribution in [0.3, 0.4) is 0 Å². The van der Waals surface area contributed by atoms with Gasteiger partial charge < -0.3 is 19.1 Å². The van der Waals surface area contributed by atoms with Gasteiger partial charge in [-0.3, -0.25) is 0 Å². The fourth-order valence-corrected chi connectivity index (χ4v) is 4.81. The summed E-state index contributed by atoms with van der Waals surface area (Å²) in [4.78, 5) is 14.6. The molecule has 156 valence electrons. The molecule has 1 unspecified atom stereocenters. The lowest BCUT2D eigenvalue weighted by Gasteiger charge is -2.42. The number of methoxy groups -OCH3 is 1. The molecule has 0 radical (unpaired) electrons. The van der Waals surface area contributed by atoms with Gasteiger partial charge in [0.25, 0.3) is 0 Å². The van der Waals surface area contributed by atoms with Crippen molar-refractivity contribution in [1.29, 1.82) is 0 Å². The molecular weight excluding hydrogens is 392 g/mol. The average Bonchev–Trinajstić information content (AvgIpc) is 3.06. The van der Waals surface area contributed by atoms with E-state index >= 15 is 0 Å². The Morgan fingerprint density at radius 3 is 2.87 bits per heavy atom. The van der Waals surface area contributed by atoms with Crippen molar-refractivity contribution in [3.05, 3.63) is 65.2 Å². The maximum atomic E-state index is 13.9. The van der Waals surface area contributed by atoms with Crippen LogP contribution in [0.1, 0.15) is 28.8 Å². The van der Waals surface area contributed by atoms with Gasteiger partial charge in [0.1, 0.15) is 23.8 Å². The van der Waals surface area contributed by atoms with E-state index in [2.05, 4.69) is 18.0 Å². The molecule has 3 aliphatic rings. The summed E-state index contributed by atoms with van der Waals surface area (Å²) in [6.45, 7) is 0.869. The van der Waals surface area contributed by atoms with Crippen molar-refractivity contribution in [3.63, 3.8) is 0 Å². The van der Waals surface area contributed by atoms with E-state index in [1.807, 2.05) is 18.2 Å². The van der Waals surface area contributed by atoms with Crippen LogP contribution < -0.4 is 14.4 Å². The number of benzene rings is 2. The number of hydrogen-bond acceptors (Lipinski definition) is 5. The Kier molecular flexibility index (Phi) is 4.24. The van der Waals surface area contributed by atoms with Crippen LogP contribution in [0.2, 0.25) is 0 Å². The summed E-state index contributed by atoms with van der Waals surface area (Å²) in [7, 11) is 3.66. The molecule has 1 spiro atoms. The van der Waals surface area contributed by atoms with E-state index in [1.165, 1.54) is 0 Å². The van der Waals surface area contributed by atoms with Crippen LogP contribution in [0.5, 0.6) is 11.5 Å². The number of nitrogens with zero attached hydrogens (tertiary/aromatic N) is 1. The van der Waals surface area contributed by atoms with Crippen LogP contribution in [-0.2, 0) is 10.2 Å². The molecule has 7 heteroatoms. The summed E-state index contributed by atoms with van der Waals surface area (Å²) in [6.07, 6.45) is 4.42. The van der Waals surface area contributed by atoms with Gasteiger partial charge >= 0.3 is 5.97 Å². The second kappa shape index (κ2) is 6.72. The molecule has 0 aromatic heterocycles. The second-order valence-electron chi connectivity index (χ2n) is 7.97. The lowest BCUT2D eigenvalue weighted by Crippen LogP contribution is -2.47. The van der Waals surface area contributed by atoms with Gasteiger partial charge in [-0.2, -0.15) is 0 Å². The summed E-state index contributed by atoms with van der Waals surface area (Å²) in [5.74, 6) is -1.10. The van der Waals surface area contributed by atoms with Crippen molar-refractivity contribution in [2.45, 2.75) is 30.5 Å². The maximum absolute atomic E-state index is 13.9. The van der Waals surface area contributed by atoms with Crippen molar-refractivity contribution in [1.82, 2.24) is 0 Å². The average molecular weight is 413 g/mol. The molecule has 2 heterocycles. The van der Waals surface area contributed by atoms with Crippen LogP contribution in [0.4, 0.5) is 14.5 Å². The third-order valence-corrected chi connectivity index (χ3v) is 6.36. The van der Waals surface area contributed by atoms with Crippen LogP contribution in [-0.4, -0.2) is 38.9 Å². The molecule has 0 fully saturated rings. The summed E-state index contributed by atoms with van der Waals surface area (Å²) < 4.78 is 44.4. The Labute approximate surface area is 172 Å². The maximum Gasteiger partial charge on any atom is 0.341 e. The molecule has 3 atom stereocenters. The van der Waals surface area contributed by atoms with Crippen LogP contribution >= 0.6 is 0 Å². The van der Waals surface area contributed by atoms with Crippen molar-refractivity contribution in [3.8, 4) is 11.5 Å². The van der Waals surface area contributed by atoms with E-state index in [0.717, 1.165) is 42.1 Å². The zero-order valence-electron chi connectivity index (χ0n) is 16.7. The topological polar surface area (TPSA) is 48.0 Å². The van der Waals surface area contributed by atoms with E-state index in [9.17, 15) is 13.6 Å². The molecule has 0 N–H and O–H groups in total. The largest absolute Gasteiger partial charge is 0.493 e. The molecular formula is C23H21F2NO4. The molecule has 2 aromatic carbocycles. The second-order valence-corrected chi connectivity index (χ2v) is 7.97.